The third kappa shape index (κ3) is 2.76. The molecule has 1 heterocycles. The largest absolute Gasteiger partial charge is 0.497 e. The van der Waals surface area contributed by atoms with Crippen molar-refractivity contribution >= 4 is 5.69 Å². The molecule has 0 aliphatic carbocycles. The van der Waals surface area contributed by atoms with Crippen molar-refractivity contribution in [2.75, 3.05) is 32.2 Å². The molecule has 22 heavy (non-hydrogen) atoms. The summed E-state index contributed by atoms with van der Waals surface area (Å²) >= 11 is 0. The van der Waals surface area contributed by atoms with E-state index in [0.29, 0.717) is 5.92 Å². The lowest BCUT2D eigenvalue weighted by Gasteiger charge is -2.36. The van der Waals surface area contributed by atoms with Gasteiger partial charge in [0.2, 0.25) is 0 Å². The molecule has 1 aliphatic rings. The molecule has 2 aromatic rings. The molecule has 3 heteroatoms. The molecule has 0 aromatic heterocycles. The first-order chi connectivity index (χ1) is 10.7. The number of rotatable bonds is 4. The second-order valence-electron chi connectivity index (χ2n) is 5.71. The van der Waals surface area contributed by atoms with Crippen LogP contribution in [0.3, 0.4) is 0 Å². The molecule has 1 atom stereocenters. The zero-order valence-electron chi connectivity index (χ0n) is 13.5. The van der Waals surface area contributed by atoms with Crippen molar-refractivity contribution in [1.82, 2.24) is 0 Å². The fraction of sp³-hybridized carbons (Fsp3) is 0.368. The van der Waals surface area contributed by atoms with Gasteiger partial charge >= 0.3 is 0 Å². The predicted molar refractivity (Wildman–Crippen MR) is 90.3 cm³/mol. The van der Waals surface area contributed by atoms with E-state index in [0.717, 1.165) is 31.0 Å². The molecule has 1 unspecified atom stereocenters. The number of ether oxygens (including phenoxy) is 2. The number of likely N-dealkylation sites (N-methyl/N-ethyl adjacent to an activating group) is 1. The van der Waals surface area contributed by atoms with Crippen molar-refractivity contribution in [3.05, 3.63) is 53.6 Å². The summed E-state index contributed by atoms with van der Waals surface area (Å²) < 4.78 is 10.6. The van der Waals surface area contributed by atoms with Gasteiger partial charge in [0.05, 0.1) is 14.2 Å². The Hall–Kier alpha value is -2.16. The van der Waals surface area contributed by atoms with Crippen molar-refractivity contribution in [3.8, 4) is 11.5 Å². The van der Waals surface area contributed by atoms with E-state index in [1.165, 1.54) is 16.8 Å². The molecule has 0 saturated carbocycles. The van der Waals surface area contributed by atoms with E-state index < -0.39 is 0 Å². The van der Waals surface area contributed by atoms with Gasteiger partial charge in [-0.05, 0) is 42.7 Å². The summed E-state index contributed by atoms with van der Waals surface area (Å²) in [5.74, 6) is 2.36. The smallest absolute Gasteiger partial charge is 0.120 e. The van der Waals surface area contributed by atoms with Gasteiger partial charge in [-0.15, -0.1) is 0 Å². The average Bonchev–Trinajstić information content (AvgIpc) is 2.60. The van der Waals surface area contributed by atoms with Crippen molar-refractivity contribution in [2.45, 2.75) is 19.3 Å². The van der Waals surface area contributed by atoms with Gasteiger partial charge in [0.25, 0.3) is 0 Å². The van der Waals surface area contributed by atoms with E-state index in [9.17, 15) is 0 Å². The average molecular weight is 297 g/mol. The van der Waals surface area contributed by atoms with Gasteiger partial charge in [0.1, 0.15) is 11.5 Å². The van der Waals surface area contributed by atoms with Gasteiger partial charge in [-0.25, -0.2) is 0 Å². The molecule has 2 aromatic carbocycles. The Bertz CT molecular complexity index is 636. The minimum atomic E-state index is 0.520. The molecule has 0 radical (unpaired) electrons. The highest BCUT2D eigenvalue weighted by Gasteiger charge is 2.25. The second-order valence-corrected chi connectivity index (χ2v) is 5.71. The monoisotopic (exact) mass is 297 g/mol. The second kappa shape index (κ2) is 6.30. The van der Waals surface area contributed by atoms with E-state index in [1.54, 1.807) is 14.2 Å². The van der Waals surface area contributed by atoms with Crippen LogP contribution in [0.1, 0.15) is 24.0 Å². The first-order valence-electron chi connectivity index (χ1n) is 7.81. The Labute approximate surface area is 132 Å². The number of methoxy groups -OCH3 is 2. The predicted octanol–water partition coefficient (Wildman–Crippen LogP) is 3.87. The molecular weight excluding hydrogens is 274 g/mol. The first kappa shape index (κ1) is 14.8. The highest BCUT2D eigenvalue weighted by Crippen LogP contribution is 2.36. The van der Waals surface area contributed by atoms with Gasteiger partial charge in [-0.2, -0.15) is 0 Å². The normalized spacial score (nSPS) is 17.0. The van der Waals surface area contributed by atoms with Crippen LogP contribution in [0.5, 0.6) is 11.5 Å². The third-order valence-electron chi connectivity index (χ3n) is 4.51. The van der Waals surface area contributed by atoms with Crippen molar-refractivity contribution in [1.29, 1.82) is 0 Å². The van der Waals surface area contributed by atoms with Gasteiger partial charge in [-0.1, -0.05) is 18.2 Å². The van der Waals surface area contributed by atoms with Crippen LogP contribution in [0.25, 0.3) is 0 Å². The van der Waals surface area contributed by atoms with Crippen LogP contribution in [0.2, 0.25) is 0 Å². The molecule has 0 amide bonds. The molecule has 0 saturated heterocycles. The maximum absolute atomic E-state index is 5.37. The number of hydrogen-bond acceptors (Lipinski definition) is 3. The maximum Gasteiger partial charge on any atom is 0.120 e. The summed E-state index contributed by atoms with van der Waals surface area (Å²) in [4.78, 5) is 2.44. The summed E-state index contributed by atoms with van der Waals surface area (Å²) in [5.41, 5.74) is 4.09. The van der Waals surface area contributed by atoms with Crippen LogP contribution >= 0.6 is 0 Å². The van der Waals surface area contributed by atoms with Crippen molar-refractivity contribution in [3.63, 3.8) is 0 Å². The number of nitrogens with zero attached hydrogens (tertiary/aromatic N) is 1. The molecule has 1 aliphatic heterocycles. The Morgan fingerprint density at radius 1 is 1.00 bits per heavy atom. The Morgan fingerprint density at radius 3 is 2.32 bits per heavy atom. The topological polar surface area (TPSA) is 21.7 Å². The van der Waals surface area contributed by atoms with E-state index >= 15 is 0 Å². The molecule has 0 spiro atoms. The fourth-order valence-corrected chi connectivity index (χ4v) is 3.23. The van der Waals surface area contributed by atoms with E-state index in [-0.39, 0.29) is 0 Å². The van der Waals surface area contributed by atoms with E-state index in [2.05, 4.69) is 54.3 Å². The van der Waals surface area contributed by atoms with Crippen LogP contribution in [0, 0.1) is 0 Å². The molecular formula is C19H23NO2. The van der Waals surface area contributed by atoms with Crippen LogP contribution in [0.15, 0.2) is 42.5 Å². The van der Waals surface area contributed by atoms with Gasteiger partial charge < -0.3 is 14.4 Å². The molecule has 116 valence electrons. The Balaban J connectivity index is 1.90. The SMILES string of the molecule is CCN1CC(c2ccc(OC)cc2)Cc2ccc(OC)cc21. The minimum Gasteiger partial charge on any atom is -0.497 e. The highest BCUT2D eigenvalue weighted by molar-refractivity contribution is 5.60. The van der Waals surface area contributed by atoms with Crippen LogP contribution in [-0.4, -0.2) is 27.3 Å². The quantitative estimate of drug-likeness (QED) is 0.855. The zero-order chi connectivity index (χ0) is 15.5. The van der Waals surface area contributed by atoms with Crippen molar-refractivity contribution in [2.24, 2.45) is 0 Å². The summed E-state index contributed by atoms with van der Waals surface area (Å²) in [5, 5.41) is 0. The minimum absolute atomic E-state index is 0.520. The summed E-state index contributed by atoms with van der Waals surface area (Å²) in [6.45, 7) is 4.26. The summed E-state index contributed by atoms with van der Waals surface area (Å²) in [7, 11) is 3.43. The van der Waals surface area contributed by atoms with Gasteiger partial charge in [-0.3, -0.25) is 0 Å². The number of hydrogen-bond donors (Lipinski definition) is 0. The van der Waals surface area contributed by atoms with Crippen LogP contribution in [0.4, 0.5) is 5.69 Å². The van der Waals surface area contributed by atoms with E-state index in [1.807, 2.05) is 0 Å². The highest BCUT2D eigenvalue weighted by atomic mass is 16.5. The van der Waals surface area contributed by atoms with Crippen LogP contribution in [-0.2, 0) is 6.42 Å². The Morgan fingerprint density at radius 2 is 1.68 bits per heavy atom. The molecule has 3 nitrogen and oxygen atoms in total. The number of benzene rings is 2. The Kier molecular flexibility index (Phi) is 4.23. The molecule has 0 N–H and O–H groups in total. The molecule has 3 rings (SSSR count). The number of anilines is 1. The lowest BCUT2D eigenvalue weighted by Crippen LogP contribution is -2.34. The summed E-state index contributed by atoms with van der Waals surface area (Å²) in [6, 6.07) is 14.9. The van der Waals surface area contributed by atoms with Gasteiger partial charge in [0, 0.05) is 30.8 Å². The zero-order valence-corrected chi connectivity index (χ0v) is 13.5. The fourth-order valence-electron chi connectivity index (χ4n) is 3.23. The van der Waals surface area contributed by atoms with Crippen LogP contribution < -0.4 is 14.4 Å². The first-order valence-corrected chi connectivity index (χ1v) is 7.81. The molecule has 0 fully saturated rings. The van der Waals surface area contributed by atoms with Crippen molar-refractivity contribution < 1.29 is 9.47 Å². The summed E-state index contributed by atoms with van der Waals surface area (Å²) in [6.07, 6.45) is 1.07. The lowest BCUT2D eigenvalue weighted by molar-refractivity contribution is 0.413. The molecule has 0 bridgehead atoms. The lowest BCUT2D eigenvalue weighted by atomic mass is 9.87. The third-order valence-corrected chi connectivity index (χ3v) is 4.51. The van der Waals surface area contributed by atoms with E-state index in [4.69, 9.17) is 9.47 Å². The van der Waals surface area contributed by atoms with Gasteiger partial charge in [0.15, 0.2) is 0 Å². The number of fused-ring (bicyclic) bond motifs is 1. The maximum atomic E-state index is 5.37. The standard InChI is InChI=1S/C19H23NO2/c1-4-20-13-16(14-5-8-17(21-2)9-6-14)11-15-7-10-18(22-3)12-19(15)20/h5-10,12,16H,4,11,13H2,1-3H3.